The Kier molecular flexibility index (Phi) is 5.83. The first-order valence-electron chi connectivity index (χ1n) is 9.44. The average Bonchev–Trinajstić information content (AvgIpc) is 3.26. The van der Waals surface area contributed by atoms with Crippen molar-refractivity contribution in [3.8, 4) is 6.07 Å². The zero-order chi connectivity index (χ0) is 20.2. The Hall–Kier alpha value is -2.83. The summed E-state index contributed by atoms with van der Waals surface area (Å²) in [5.74, 6) is 0.510. The fraction of sp³-hybridized carbons (Fsp3) is 0.400. The molecule has 1 aromatic heterocycles. The van der Waals surface area contributed by atoms with Gasteiger partial charge in [-0.25, -0.2) is 0 Å². The van der Waals surface area contributed by atoms with Gasteiger partial charge in [-0.1, -0.05) is 0 Å². The Morgan fingerprint density at radius 1 is 1.31 bits per heavy atom. The molecule has 0 aliphatic carbocycles. The summed E-state index contributed by atoms with van der Waals surface area (Å²) < 4.78 is 5.41. The molecule has 2 fully saturated rings. The molecule has 150 valence electrons. The van der Waals surface area contributed by atoms with Crippen LogP contribution in [0.2, 0.25) is 0 Å². The summed E-state index contributed by atoms with van der Waals surface area (Å²) in [7, 11) is 0. The highest BCUT2D eigenvalue weighted by Gasteiger charge is 2.29. The number of amides is 2. The van der Waals surface area contributed by atoms with Gasteiger partial charge in [-0.2, -0.15) is 5.26 Å². The summed E-state index contributed by atoms with van der Waals surface area (Å²) in [6, 6.07) is 9.23. The standard InChI is InChI=1S/C20H21N5O3S/c21-10-15-12-29-13-25(15)19(26)11-23-20(27)16-3-4-22-18-2-1-14(9-17(16)18)24-5-7-28-8-6-24/h1-4,9,15H,5-8,11-13H2,(H,23,27)/t15-/m0/s1. The topological polar surface area (TPSA) is 98.6 Å². The van der Waals surface area contributed by atoms with Gasteiger partial charge in [-0.3, -0.25) is 14.6 Å². The lowest BCUT2D eigenvalue weighted by atomic mass is 10.1. The normalized spacial score (nSPS) is 19.2. The van der Waals surface area contributed by atoms with Gasteiger partial charge < -0.3 is 19.9 Å². The minimum Gasteiger partial charge on any atom is -0.378 e. The van der Waals surface area contributed by atoms with E-state index < -0.39 is 6.04 Å². The lowest BCUT2D eigenvalue weighted by Crippen LogP contribution is -2.42. The fourth-order valence-corrected chi connectivity index (χ4v) is 4.60. The molecule has 2 aromatic rings. The number of nitriles is 1. The molecule has 9 heteroatoms. The van der Waals surface area contributed by atoms with E-state index in [0.29, 0.717) is 30.4 Å². The van der Waals surface area contributed by atoms with E-state index in [-0.39, 0.29) is 18.4 Å². The van der Waals surface area contributed by atoms with Gasteiger partial charge in [0.25, 0.3) is 5.91 Å². The zero-order valence-corrected chi connectivity index (χ0v) is 16.7. The number of thioether (sulfide) groups is 1. The highest BCUT2D eigenvalue weighted by atomic mass is 32.2. The van der Waals surface area contributed by atoms with Crippen LogP contribution in [0.3, 0.4) is 0 Å². The molecule has 0 saturated carbocycles. The Balaban J connectivity index is 1.51. The van der Waals surface area contributed by atoms with Crippen molar-refractivity contribution in [3.63, 3.8) is 0 Å². The number of pyridine rings is 1. The van der Waals surface area contributed by atoms with E-state index in [1.807, 2.05) is 18.2 Å². The van der Waals surface area contributed by atoms with E-state index in [1.165, 1.54) is 16.7 Å². The number of carbonyl (C=O) groups excluding carboxylic acids is 2. The molecule has 3 heterocycles. The molecule has 0 bridgehead atoms. The van der Waals surface area contributed by atoms with Crippen molar-refractivity contribution in [2.24, 2.45) is 0 Å². The van der Waals surface area contributed by atoms with E-state index >= 15 is 0 Å². The van der Waals surface area contributed by atoms with Crippen molar-refractivity contribution in [1.82, 2.24) is 15.2 Å². The van der Waals surface area contributed by atoms with Gasteiger partial charge in [-0.15, -0.1) is 11.8 Å². The molecule has 1 N–H and O–H groups in total. The van der Waals surface area contributed by atoms with E-state index in [0.717, 1.165) is 29.7 Å². The number of benzene rings is 1. The number of ether oxygens (including phenoxy) is 1. The van der Waals surface area contributed by atoms with Crippen LogP contribution in [0.15, 0.2) is 30.5 Å². The summed E-state index contributed by atoms with van der Waals surface area (Å²) in [6.45, 7) is 2.83. The largest absolute Gasteiger partial charge is 0.378 e. The molecule has 2 amide bonds. The SMILES string of the molecule is N#C[C@H]1CSCN1C(=O)CNC(=O)c1ccnc2ccc(N3CCOCC3)cc12. The van der Waals surface area contributed by atoms with Crippen LogP contribution in [0.5, 0.6) is 0 Å². The number of fused-ring (bicyclic) bond motifs is 1. The molecule has 0 spiro atoms. The predicted octanol–water partition coefficient (Wildman–Crippen LogP) is 1.23. The molecule has 0 unspecified atom stereocenters. The molecular formula is C20H21N5O3S. The second kappa shape index (κ2) is 8.68. The van der Waals surface area contributed by atoms with Gasteiger partial charge >= 0.3 is 0 Å². The lowest BCUT2D eigenvalue weighted by Gasteiger charge is -2.29. The van der Waals surface area contributed by atoms with Crippen LogP contribution in [0, 0.1) is 11.3 Å². The van der Waals surface area contributed by atoms with Crippen LogP contribution in [0.25, 0.3) is 10.9 Å². The van der Waals surface area contributed by atoms with Gasteiger partial charge in [0.05, 0.1) is 42.8 Å². The third-order valence-corrected chi connectivity index (χ3v) is 6.11. The molecule has 1 aromatic carbocycles. The van der Waals surface area contributed by atoms with Crippen molar-refractivity contribution < 1.29 is 14.3 Å². The van der Waals surface area contributed by atoms with Crippen molar-refractivity contribution in [2.45, 2.75) is 6.04 Å². The van der Waals surface area contributed by atoms with E-state index in [2.05, 4.69) is 21.3 Å². The first kappa shape index (κ1) is 19.5. The third kappa shape index (κ3) is 4.13. The molecule has 29 heavy (non-hydrogen) atoms. The molecule has 8 nitrogen and oxygen atoms in total. The maximum absolute atomic E-state index is 12.8. The molecule has 0 radical (unpaired) electrons. The van der Waals surface area contributed by atoms with Crippen molar-refractivity contribution in [3.05, 3.63) is 36.0 Å². The van der Waals surface area contributed by atoms with Crippen molar-refractivity contribution >= 4 is 40.2 Å². The predicted molar refractivity (Wildman–Crippen MR) is 111 cm³/mol. The quantitative estimate of drug-likeness (QED) is 0.808. The van der Waals surface area contributed by atoms with Crippen LogP contribution >= 0.6 is 11.8 Å². The number of hydrogen-bond donors (Lipinski definition) is 1. The fourth-order valence-electron chi connectivity index (χ4n) is 3.50. The number of rotatable bonds is 4. The molecule has 2 aliphatic rings. The Morgan fingerprint density at radius 3 is 2.93 bits per heavy atom. The van der Waals surface area contributed by atoms with Crippen LogP contribution < -0.4 is 10.2 Å². The number of carbonyl (C=O) groups is 2. The zero-order valence-electron chi connectivity index (χ0n) is 15.8. The van der Waals surface area contributed by atoms with Crippen LogP contribution in [0.4, 0.5) is 5.69 Å². The van der Waals surface area contributed by atoms with Gasteiger partial charge in [0.1, 0.15) is 6.04 Å². The summed E-state index contributed by atoms with van der Waals surface area (Å²) in [5.41, 5.74) is 2.22. The highest BCUT2D eigenvalue weighted by molar-refractivity contribution is 7.99. The Bertz CT molecular complexity index is 970. The molecule has 1 atom stereocenters. The second-order valence-electron chi connectivity index (χ2n) is 6.85. The number of hydrogen-bond acceptors (Lipinski definition) is 7. The third-order valence-electron chi connectivity index (χ3n) is 5.10. The van der Waals surface area contributed by atoms with Crippen LogP contribution in [-0.4, -0.2) is 72.2 Å². The average molecular weight is 411 g/mol. The molecule has 2 aliphatic heterocycles. The minimum atomic E-state index is -0.428. The van der Waals surface area contributed by atoms with Crippen LogP contribution in [0.1, 0.15) is 10.4 Å². The van der Waals surface area contributed by atoms with Crippen molar-refractivity contribution in [1.29, 1.82) is 5.26 Å². The lowest BCUT2D eigenvalue weighted by molar-refractivity contribution is -0.129. The summed E-state index contributed by atoms with van der Waals surface area (Å²) in [4.78, 5) is 33.3. The number of anilines is 1. The van der Waals surface area contributed by atoms with Gasteiger partial charge in [-0.05, 0) is 24.3 Å². The molecule has 2 saturated heterocycles. The van der Waals surface area contributed by atoms with E-state index in [9.17, 15) is 9.59 Å². The number of nitrogens with one attached hydrogen (secondary N) is 1. The van der Waals surface area contributed by atoms with E-state index in [1.54, 1.807) is 12.3 Å². The van der Waals surface area contributed by atoms with Gasteiger partial charge in [0.15, 0.2) is 0 Å². The van der Waals surface area contributed by atoms with Gasteiger partial charge in [0.2, 0.25) is 5.91 Å². The van der Waals surface area contributed by atoms with Crippen molar-refractivity contribution in [2.75, 3.05) is 49.4 Å². The Labute approximate surface area is 172 Å². The number of morpholine rings is 1. The number of aromatic nitrogens is 1. The number of nitrogens with zero attached hydrogens (tertiary/aromatic N) is 4. The molecule has 4 rings (SSSR count). The summed E-state index contributed by atoms with van der Waals surface area (Å²) in [6.07, 6.45) is 1.59. The highest BCUT2D eigenvalue weighted by Crippen LogP contribution is 2.25. The Morgan fingerprint density at radius 2 is 2.14 bits per heavy atom. The summed E-state index contributed by atoms with van der Waals surface area (Å²) in [5, 5.41) is 12.6. The smallest absolute Gasteiger partial charge is 0.252 e. The van der Waals surface area contributed by atoms with Gasteiger partial charge in [0, 0.05) is 36.1 Å². The minimum absolute atomic E-state index is 0.134. The maximum atomic E-state index is 12.8. The van der Waals surface area contributed by atoms with E-state index in [4.69, 9.17) is 10.00 Å². The summed E-state index contributed by atoms with van der Waals surface area (Å²) >= 11 is 1.54. The maximum Gasteiger partial charge on any atom is 0.252 e. The second-order valence-corrected chi connectivity index (χ2v) is 7.85. The molecular weight excluding hydrogens is 390 g/mol. The monoisotopic (exact) mass is 411 g/mol. The van der Waals surface area contributed by atoms with Crippen LogP contribution in [-0.2, 0) is 9.53 Å². The first-order valence-corrected chi connectivity index (χ1v) is 10.6. The first-order chi connectivity index (χ1) is 14.2.